The van der Waals surface area contributed by atoms with E-state index in [-0.39, 0.29) is 17.9 Å². The van der Waals surface area contributed by atoms with Crippen LogP contribution in [0.4, 0.5) is 0 Å². The number of hydrogen-bond donors (Lipinski definition) is 0. The van der Waals surface area contributed by atoms with Crippen molar-refractivity contribution in [2.24, 2.45) is 0 Å². The van der Waals surface area contributed by atoms with Gasteiger partial charge < -0.3 is 14.2 Å². The van der Waals surface area contributed by atoms with E-state index in [9.17, 15) is 4.79 Å². The topological polar surface area (TPSA) is 68.5 Å². The molecule has 1 atom stereocenters. The first-order chi connectivity index (χ1) is 14.7. The number of nitrogens with zero attached hydrogens (tertiary/aromatic N) is 3. The van der Waals surface area contributed by atoms with Crippen molar-refractivity contribution in [1.82, 2.24) is 15.0 Å². The van der Waals surface area contributed by atoms with E-state index >= 15 is 0 Å². The van der Waals surface area contributed by atoms with Crippen molar-refractivity contribution in [1.29, 1.82) is 0 Å². The van der Waals surface area contributed by atoms with E-state index in [0.717, 1.165) is 0 Å². The summed E-state index contributed by atoms with van der Waals surface area (Å²) >= 11 is 6.19. The third kappa shape index (κ3) is 5.64. The van der Waals surface area contributed by atoms with Crippen molar-refractivity contribution in [3.05, 3.63) is 65.0 Å². The summed E-state index contributed by atoms with van der Waals surface area (Å²) in [6.07, 6.45) is -0.0599. The first-order valence-corrected chi connectivity index (χ1v) is 10.7. The van der Waals surface area contributed by atoms with Crippen LogP contribution in [0.25, 0.3) is 11.4 Å². The number of amides is 1. The van der Waals surface area contributed by atoms with Crippen LogP contribution in [0.15, 0.2) is 53.1 Å². The van der Waals surface area contributed by atoms with Crippen LogP contribution in [0.1, 0.15) is 45.6 Å². The van der Waals surface area contributed by atoms with Gasteiger partial charge in [-0.15, -0.1) is 0 Å². The molecule has 164 valence electrons. The monoisotopic (exact) mass is 441 g/mol. The standard InChI is InChI=1S/C24H28ClN3O3/c1-6-20(30-17-13-11-16(12-14-17)24(2,3)4)23(29)28(5)15-21-26-22(27-31-21)18-9-7-8-10-19(18)25/h7-14,20H,6,15H2,1-5H3. The fourth-order valence-electron chi connectivity index (χ4n) is 3.10. The highest BCUT2D eigenvalue weighted by atomic mass is 35.5. The Balaban J connectivity index is 1.65. The summed E-state index contributed by atoms with van der Waals surface area (Å²) in [7, 11) is 1.69. The molecule has 0 spiro atoms. The minimum atomic E-state index is -0.601. The fourth-order valence-corrected chi connectivity index (χ4v) is 3.32. The van der Waals surface area contributed by atoms with Crippen molar-refractivity contribution in [3.8, 4) is 17.1 Å². The molecule has 1 unspecified atom stereocenters. The van der Waals surface area contributed by atoms with Gasteiger partial charge in [0.05, 0.1) is 11.6 Å². The van der Waals surface area contributed by atoms with E-state index in [2.05, 4.69) is 30.9 Å². The molecular formula is C24H28ClN3O3. The lowest BCUT2D eigenvalue weighted by Gasteiger charge is -2.23. The lowest BCUT2D eigenvalue weighted by molar-refractivity contribution is -0.138. The summed E-state index contributed by atoms with van der Waals surface area (Å²) in [5.74, 6) is 1.24. The van der Waals surface area contributed by atoms with Crippen LogP contribution < -0.4 is 4.74 Å². The Morgan fingerprint density at radius 2 is 1.84 bits per heavy atom. The number of likely N-dealkylation sites (N-methyl/N-ethyl adjacent to an activating group) is 1. The molecule has 3 aromatic rings. The molecule has 7 heteroatoms. The van der Waals surface area contributed by atoms with Gasteiger partial charge in [0.25, 0.3) is 5.91 Å². The maximum absolute atomic E-state index is 12.9. The number of carbonyl (C=O) groups is 1. The summed E-state index contributed by atoms with van der Waals surface area (Å²) in [5.41, 5.74) is 1.95. The minimum absolute atomic E-state index is 0.0611. The number of hydrogen-bond acceptors (Lipinski definition) is 5. The Labute approximate surface area is 188 Å². The zero-order chi connectivity index (χ0) is 22.6. The predicted molar refractivity (Wildman–Crippen MR) is 121 cm³/mol. The molecule has 31 heavy (non-hydrogen) atoms. The maximum Gasteiger partial charge on any atom is 0.263 e. The largest absolute Gasteiger partial charge is 0.481 e. The Hall–Kier alpha value is -2.86. The third-order valence-electron chi connectivity index (χ3n) is 4.98. The fraction of sp³-hybridized carbons (Fsp3) is 0.375. The van der Waals surface area contributed by atoms with Gasteiger partial charge in [-0.25, -0.2) is 0 Å². The van der Waals surface area contributed by atoms with Crippen LogP contribution >= 0.6 is 11.6 Å². The first kappa shape index (κ1) is 22.8. The van der Waals surface area contributed by atoms with Crippen molar-refractivity contribution >= 4 is 17.5 Å². The summed E-state index contributed by atoms with van der Waals surface area (Å²) in [5, 5.41) is 4.52. The number of benzene rings is 2. The molecule has 1 amide bonds. The lowest BCUT2D eigenvalue weighted by atomic mass is 9.87. The van der Waals surface area contributed by atoms with Gasteiger partial charge in [0.2, 0.25) is 11.7 Å². The van der Waals surface area contributed by atoms with Crippen LogP contribution in [0.5, 0.6) is 5.75 Å². The molecule has 2 aromatic carbocycles. The van der Waals surface area contributed by atoms with Gasteiger partial charge in [0, 0.05) is 12.6 Å². The highest BCUT2D eigenvalue weighted by molar-refractivity contribution is 6.33. The normalized spacial score (nSPS) is 12.5. The van der Waals surface area contributed by atoms with E-state index in [1.807, 2.05) is 49.4 Å². The molecule has 0 N–H and O–H groups in total. The average molecular weight is 442 g/mol. The lowest BCUT2D eigenvalue weighted by Crippen LogP contribution is -2.39. The molecule has 3 rings (SSSR count). The first-order valence-electron chi connectivity index (χ1n) is 10.3. The van der Waals surface area contributed by atoms with Crippen LogP contribution in [-0.4, -0.2) is 34.1 Å². The van der Waals surface area contributed by atoms with Gasteiger partial charge in [-0.1, -0.05) is 68.7 Å². The van der Waals surface area contributed by atoms with Crippen LogP contribution in [0, 0.1) is 0 Å². The molecule has 0 fully saturated rings. The van der Waals surface area contributed by atoms with E-state index in [0.29, 0.717) is 34.5 Å². The van der Waals surface area contributed by atoms with Gasteiger partial charge in [-0.05, 0) is 41.7 Å². The minimum Gasteiger partial charge on any atom is -0.481 e. The molecule has 0 radical (unpaired) electrons. The summed E-state index contributed by atoms with van der Waals surface area (Å²) in [6, 6.07) is 15.1. The Morgan fingerprint density at radius 1 is 1.16 bits per heavy atom. The molecular weight excluding hydrogens is 414 g/mol. The molecule has 6 nitrogen and oxygen atoms in total. The van der Waals surface area contributed by atoms with E-state index < -0.39 is 6.10 Å². The van der Waals surface area contributed by atoms with Gasteiger partial charge in [0.1, 0.15) is 5.75 Å². The number of ether oxygens (including phenoxy) is 1. The van der Waals surface area contributed by atoms with Crippen molar-refractivity contribution < 1.29 is 14.1 Å². The number of aromatic nitrogens is 2. The van der Waals surface area contributed by atoms with Gasteiger partial charge in [-0.3, -0.25) is 4.79 Å². The number of carbonyl (C=O) groups excluding carboxylic acids is 1. The molecule has 0 bridgehead atoms. The molecule has 0 saturated carbocycles. The van der Waals surface area contributed by atoms with Gasteiger partial charge in [0.15, 0.2) is 6.10 Å². The highest BCUT2D eigenvalue weighted by Crippen LogP contribution is 2.26. The SMILES string of the molecule is CCC(Oc1ccc(C(C)(C)C)cc1)C(=O)N(C)Cc1nc(-c2ccccc2Cl)no1. The number of rotatable bonds is 7. The van der Waals surface area contributed by atoms with Gasteiger partial charge in [-0.2, -0.15) is 4.98 Å². The Bertz CT molecular complexity index is 1030. The van der Waals surface area contributed by atoms with E-state index in [1.165, 1.54) is 10.5 Å². The van der Waals surface area contributed by atoms with Crippen LogP contribution in [0.3, 0.4) is 0 Å². The van der Waals surface area contributed by atoms with E-state index in [1.54, 1.807) is 13.1 Å². The Morgan fingerprint density at radius 3 is 2.45 bits per heavy atom. The molecule has 0 aliphatic carbocycles. The van der Waals surface area contributed by atoms with E-state index in [4.69, 9.17) is 20.9 Å². The zero-order valence-corrected chi connectivity index (χ0v) is 19.3. The quantitative estimate of drug-likeness (QED) is 0.484. The molecule has 0 aliphatic heterocycles. The van der Waals surface area contributed by atoms with Crippen molar-refractivity contribution in [3.63, 3.8) is 0 Å². The molecule has 1 heterocycles. The second-order valence-corrected chi connectivity index (χ2v) is 8.88. The molecule has 0 saturated heterocycles. The summed E-state index contributed by atoms with van der Waals surface area (Å²) < 4.78 is 11.3. The maximum atomic E-state index is 12.9. The zero-order valence-electron chi connectivity index (χ0n) is 18.6. The average Bonchev–Trinajstić information content (AvgIpc) is 3.19. The number of halogens is 1. The summed E-state index contributed by atoms with van der Waals surface area (Å²) in [6.45, 7) is 8.57. The highest BCUT2D eigenvalue weighted by Gasteiger charge is 2.24. The second kappa shape index (κ2) is 9.52. The van der Waals surface area contributed by atoms with Crippen LogP contribution in [0.2, 0.25) is 5.02 Å². The van der Waals surface area contributed by atoms with Crippen molar-refractivity contribution in [2.45, 2.75) is 52.2 Å². The summed E-state index contributed by atoms with van der Waals surface area (Å²) in [4.78, 5) is 18.8. The second-order valence-electron chi connectivity index (χ2n) is 8.47. The smallest absolute Gasteiger partial charge is 0.263 e. The van der Waals surface area contributed by atoms with Crippen molar-refractivity contribution in [2.75, 3.05) is 7.05 Å². The molecule has 1 aromatic heterocycles. The Kier molecular flexibility index (Phi) is 7.01. The van der Waals surface area contributed by atoms with Gasteiger partial charge >= 0.3 is 0 Å². The predicted octanol–water partition coefficient (Wildman–Crippen LogP) is 5.50. The third-order valence-corrected chi connectivity index (χ3v) is 5.31. The molecule has 0 aliphatic rings. The van der Waals surface area contributed by atoms with Crippen LogP contribution in [-0.2, 0) is 16.8 Å².